The predicted octanol–water partition coefficient (Wildman–Crippen LogP) is -0.861. The van der Waals surface area contributed by atoms with Crippen LogP contribution in [0.2, 0.25) is 0 Å². The number of hydrogen-bond acceptors (Lipinski definition) is 0. The van der Waals surface area contributed by atoms with Crippen LogP contribution in [0.15, 0.2) is 0 Å². The fourth-order valence-corrected chi connectivity index (χ4v) is 0. The van der Waals surface area contributed by atoms with Crippen molar-refractivity contribution in [2.45, 2.75) is 0 Å². The quantitative estimate of drug-likeness (QED) is 0.448. The third-order valence-electron chi connectivity index (χ3n) is 0. The van der Waals surface area contributed by atoms with Gasteiger partial charge in [0, 0.05) is 0 Å². The van der Waals surface area contributed by atoms with Crippen LogP contribution in [-0.4, -0.2) is 23.1 Å². The molecule has 0 amide bonds. The maximum absolute atomic E-state index is 0. The molecule has 0 N–H and O–H groups in total. The van der Waals surface area contributed by atoms with Crippen molar-refractivity contribution in [3.8, 4) is 0 Å². The van der Waals surface area contributed by atoms with E-state index in [2.05, 4.69) is 0 Å². The van der Waals surface area contributed by atoms with Crippen LogP contribution in [0.25, 0.3) is 0 Å². The Morgan fingerprint density at radius 3 is 0.571 bits per heavy atom. The molecule has 40 valence electrons. The Morgan fingerprint density at radius 1 is 0.571 bits per heavy atom. The van der Waals surface area contributed by atoms with Gasteiger partial charge >= 0.3 is 57.5 Å². The molecule has 4 nitrogen and oxygen atoms in total. The van der Waals surface area contributed by atoms with E-state index in [4.69, 9.17) is 0 Å². The molecule has 0 aliphatic heterocycles. The van der Waals surface area contributed by atoms with Crippen molar-refractivity contribution < 1.29 is 56.3 Å². The molecule has 0 aromatic rings. The first kappa shape index (κ1) is 185. The first-order valence-corrected chi connectivity index (χ1v) is 0. The molecule has 0 unspecified atom stereocenters. The minimum Gasteiger partial charge on any atom is -2.00 e. The maximum Gasteiger partial charge on any atom is 3.00 e. The van der Waals surface area contributed by atoms with Crippen LogP contribution in [0.1, 0.15) is 0 Å². The molecule has 0 aromatic carbocycles. The Labute approximate surface area is 79.0 Å². The van der Waals surface area contributed by atoms with Gasteiger partial charge in [-0.05, 0) is 0 Å². The molecule has 2 radical (unpaired) electrons. The van der Waals surface area contributed by atoms with Gasteiger partial charge in [0.2, 0.25) is 0 Å². The van der Waals surface area contributed by atoms with Crippen LogP contribution in [0.4, 0.5) is 0 Å². The van der Waals surface area contributed by atoms with Gasteiger partial charge in [0.15, 0.2) is 0 Å². The van der Waals surface area contributed by atoms with E-state index in [0.717, 1.165) is 0 Å². The molecule has 0 aliphatic carbocycles. The van der Waals surface area contributed by atoms with E-state index in [-0.39, 0.29) is 79.4 Å². The first-order chi connectivity index (χ1) is 0. The van der Waals surface area contributed by atoms with E-state index in [1.54, 1.807) is 0 Å². The summed E-state index contributed by atoms with van der Waals surface area (Å²) in [6, 6.07) is 0. The smallest absolute Gasteiger partial charge is 2.00 e. The van der Waals surface area contributed by atoms with Crippen molar-refractivity contribution in [3.05, 3.63) is 0 Å². The second-order valence-corrected chi connectivity index (χ2v) is 0. The monoisotopic (exact) mass is 196 g/mol. The van der Waals surface area contributed by atoms with Crippen LogP contribution in [-0.2, 0) is 56.3 Å². The van der Waals surface area contributed by atoms with Gasteiger partial charge in [-0.15, -0.1) is 0 Å². The third kappa shape index (κ3) is 89.2. The molecule has 0 aromatic heterocycles. The minimum absolute atomic E-state index is 0. The molecule has 0 rings (SSSR count). The topological polar surface area (TPSA) is 114 Å². The Balaban J connectivity index is 0. The summed E-state index contributed by atoms with van der Waals surface area (Å²) in [6.07, 6.45) is 0. The van der Waals surface area contributed by atoms with Crippen molar-refractivity contribution in [1.29, 1.82) is 0 Å². The van der Waals surface area contributed by atoms with E-state index >= 15 is 0 Å². The van der Waals surface area contributed by atoms with Gasteiger partial charge in [0.25, 0.3) is 0 Å². The Hall–Kier alpha value is 1.66. The molecule has 0 aliphatic rings. The van der Waals surface area contributed by atoms with E-state index in [1.165, 1.54) is 0 Å². The number of rotatable bonds is 0. The van der Waals surface area contributed by atoms with Crippen LogP contribution in [0.5, 0.6) is 0 Å². The minimum atomic E-state index is 0. The summed E-state index contributed by atoms with van der Waals surface area (Å²) in [5.41, 5.74) is 0. The van der Waals surface area contributed by atoms with E-state index in [9.17, 15) is 0 Å². The zero-order chi connectivity index (χ0) is 0. The molecule has 0 saturated heterocycles. The van der Waals surface area contributed by atoms with Crippen LogP contribution >= 0.6 is 0 Å². The van der Waals surface area contributed by atoms with Crippen LogP contribution in [0.3, 0.4) is 0 Å². The summed E-state index contributed by atoms with van der Waals surface area (Å²) in [6.45, 7) is 0. The average Bonchev–Trinajstić information content (AvgIpc) is 0. The van der Waals surface area contributed by atoms with Crippen LogP contribution in [0, 0.1) is 0 Å². The Kier molecular flexibility index (Phi) is 3260. The van der Waals surface area contributed by atoms with Gasteiger partial charge < -0.3 is 21.9 Å². The molecular formula is CrFeMgO4. The largest absolute Gasteiger partial charge is 3.00 e. The van der Waals surface area contributed by atoms with Crippen LogP contribution < -0.4 is 0 Å². The zero-order valence-corrected chi connectivity index (χ0v) is 6.90. The fraction of sp³-hybridized carbons (Fsp3) is 0. The summed E-state index contributed by atoms with van der Waals surface area (Å²) in [5.74, 6) is 0. The number of hydrogen-bond donors (Lipinski definition) is 0. The van der Waals surface area contributed by atoms with Gasteiger partial charge in [0.1, 0.15) is 0 Å². The predicted molar refractivity (Wildman–Crippen MR) is 8.50 cm³/mol. The summed E-state index contributed by atoms with van der Waals surface area (Å²) < 4.78 is 0. The van der Waals surface area contributed by atoms with E-state index in [1.807, 2.05) is 0 Å². The van der Waals surface area contributed by atoms with Gasteiger partial charge in [-0.2, -0.15) is 0 Å². The van der Waals surface area contributed by atoms with Crippen molar-refractivity contribution in [2.75, 3.05) is 0 Å². The third-order valence-corrected chi connectivity index (χ3v) is 0. The van der Waals surface area contributed by atoms with Crippen molar-refractivity contribution in [3.63, 3.8) is 0 Å². The van der Waals surface area contributed by atoms with Gasteiger partial charge in [0.05, 0.1) is 0 Å². The summed E-state index contributed by atoms with van der Waals surface area (Å²) in [4.78, 5) is 0. The van der Waals surface area contributed by atoms with Gasteiger partial charge in [-0.1, -0.05) is 0 Å². The summed E-state index contributed by atoms with van der Waals surface area (Å²) >= 11 is 0. The molecule has 0 saturated carbocycles. The fourth-order valence-electron chi connectivity index (χ4n) is 0. The molecule has 0 bridgehead atoms. The standard InChI is InChI=1S/Cr.Fe.Mg.4O/q2*+3;+2;4*-2. The van der Waals surface area contributed by atoms with Gasteiger partial charge in [-0.3, -0.25) is 0 Å². The molecule has 7 heteroatoms. The Morgan fingerprint density at radius 2 is 0.571 bits per heavy atom. The molecule has 0 spiro atoms. The zero-order valence-electron chi connectivity index (χ0n) is 3.10. The second-order valence-electron chi connectivity index (χ2n) is 0. The Bertz CT molecular complexity index is 11.7. The van der Waals surface area contributed by atoms with E-state index in [0.29, 0.717) is 0 Å². The molecular weight excluding hydrogens is 196 g/mol. The molecule has 0 fully saturated rings. The molecule has 7 heavy (non-hydrogen) atoms. The SMILES string of the molecule is [Cr+3].[Fe+3].[Mg+2].[O-2].[O-2].[O-2].[O-2]. The second kappa shape index (κ2) is 123. The summed E-state index contributed by atoms with van der Waals surface area (Å²) in [5, 5.41) is 0. The molecule has 0 heterocycles. The van der Waals surface area contributed by atoms with Crippen molar-refractivity contribution >= 4 is 23.1 Å². The maximum atomic E-state index is 0. The molecule has 0 atom stereocenters. The van der Waals surface area contributed by atoms with Crippen molar-refractivity contribution in [2.24, 2.45) is 0 Å². The average molecular weight is 196 g/mol. The normalized spacial score (nSPS) is 0. The summed E-state index contributed by atoms with van der Waals surface area (Å²) in [7, 11) is 0. The van der Waals surface area contributed by atoms with Crippen molar-refractivity contribution in [1.82, 2.24) is 0 Å². The first-order valence-electron chi connectivity index (χ1n) is 0. The van der Waals surface area contributed by atoms with Gasteiger partial charge in [-0.25, -0.2) is 0 Å². The van der Waals surface area contributed by atoms with E-state index < -0.39 is 0 Å².